The molecule has 0 aliphatic carbocycles. The van der Waals surface area contributed by atoms with Gasteiger partial charge in [-0.3, -0.25) is 4.79 Å². The predicted molar refractivity (Wildman–Crippen MR) is 214 cm³/mol. The van der Waals surface area contributed by atoms with Crippen LogP contribution in [0.15, 0.2) is 0 Å². The standard InChI is InChI=1S/C43H85NO9/c1-3-5-7-9-11-13-15-16-17-18-19-20-22-24-26-28-30-32-38(47)44-35(34-52-43-42(51)41(50)40(49)37(33-45)53-43)39(48)36(46)31-29-27-25-23-21-14-12-10-8-6-4-2/h35-37,39-43,45-46,48-51H,3-34H2,1-2H3,(H,44,47)/t35-,36+,37+,39-,40-,41?,42?,43+/m0/s1. The highest BCUT2D eigenvalue weighted by Gasteiger charge is 2.44. The van der Waals surface area contributed by atoms with E-state index < -0.39 is 55.6 Å². The van der Waals surface area contributed by atoms with Gasteiger partial charge >= 0.3 is 0 Å². The number of rotatable bonds is 37. The van der Waals surface area contributed by atoms with E-state index in [9.17, 15) is 35.4 Å². The van der Waals surface area contributed by atoms with E-state index in [2.05, 4.69) is 19.2 Å². The molecule has 1 rings (SSSR count). The van der Waals surface area contributed by atoms with Gasteiger partial charge in [0.1, 0.15) is 30.5 Å². The number of amides is 1. The zero-order valence-corrected chi connectivity index (χ0v) is 34.2. The van der Waals surface area contributed by atoms with Crippen molar-refractivity contribution in [3.8, 4) is 0 Å². The van der Waals surface area contributed by atoms with Crippen molar-refractivity contribution in [3.63, 3.8) is 0 Å². The molecule has 10 heteroatoms. The van der Waals surface area contributed by atoms with Gasteiger partial charge in [-0.1, -0.05) is 187 Å². The molecule has 2 unspecified atom stereocenters. The Morgan fingerprint density at radius 3 is 1.40 bits per heavy atom. The van der Waals surface area contributed by atoms with Crippen LogP contribution in [-0.4, -0.2) is 98.7 Å². The molecular weight excluding hydrogens is 674 g/mol. The monoisotopic (exact) mass is 760 g/mol. The van der Waals surface area contributed by atoms with E-state index in [1.807, 2.05) is 0 Å². The summed E-state index contributed by atoms with van der Waals surface area (Å²) in [5.41, 5.74) is 0. The molecule has 0 radical (unpaired) electrons. The molecule has 10 nitrogen and oxygen atoms in total. The minimum Gasteiger partial charge on any atom is -0.394 e. The number of hydrogen-bond donors (Lipinski definition) is 7. The van der Waals surface area contributed by atoms with Crippen LogP contribution < -0.4 is 5.32 Å². The molecule has 8 atom stereocenters. The second-order valence-corrected chi connectivity index (χ2v) is 16.0. The zero-order chi connectivity index (χ0) is 38.9. The highest BCUT2D eigenvalue weighted by molar-refractivity contribution is 5.76. The van der Waals surface area contributed by atoms with Crippen molar-refractivity contribution in [2.45, 2.75) is 255 Å². The number of aliphatic hydroxyl groups is 6. The molecule has 0 aromatic carbocycles. The van der Waals surface area contributed by atoms with Gasteiger partial charge in [-0.2, -0.15) is 0 Å². The van der Waals surface area contributed by atoms with E-state index in [1.165, 1.54) is 135 Å². The molecule has 0 aromatic heterocycles. The van der Waals surface area contributed by atoms with E-state index >= 15 is 0 Å². The first-order chi connectivity index (χ1) is 25.8. The summed E-state index contributed by atoms with van der Waals surface area (Å²) >= 11 is 0. The Morgan fingerprint density at radius 1 is 0.585 bits per heavy atom. The third-order valence-corrected chi connectivity index (χ3v) is 11.1. The van der Waals surface area contributed by atoms with Gasteiger partial charge in [0.25, 0.3) is 0 Å². The van der Waals surface area contributed by atoms with E-state index in [4.69, 9.17) is 9.47 Å². The molecule has 1 heterocycles. The van der Waals surface area contributed by atoms with Gasteiger partial charge in [-0.05, 0) is 12.8 Å². The summed E-state index contributed by atoms with van der Waals surface area (Å²) < 4.78 is 11.1. The maximum atomic E-state index is 13.0. The maximum Gasteiger partial charge on any atom is 0.220 e. The van der Waals surface area contributed by atoms with Gasteiger partial charge < -0.3 is 45.4 Å². The van der Waals surface area contributed by atoms with Gasteiger partial charge in [0.2, 0.25) is 5.91 Å². The quantitative estimate of drug-likeness (QED) is 0.0313. The first kappa shape index (κ1) is 50.2. The average Bonchev–Trinajstić information content (AvgIpc) is 3.16. The fourth-order valence-electron chi connectivity index (χ4n) is 7.38. The number of ether oxygens (including phenoxy) is 2. The van der Waals surface area contributed by atoms with E-state index in [0.717, 1.165) is 44.9 Å². The molecule has 1 amide bonds. The molecular formula is C43H85NO9. The summed E-state index contributed by atoms with van der Waals surface area (Å²) in [5.74, 6) is -0.255. The van der Waals surface area contributed by atoms with Crippen molar-refractivity contribution in [2.75, 3.05) is 13.2 Å². The Bertz CT molecular complexity index is 819. The number of aliphatic hydroxyl groups excluding tert-OH is 6. The second kappa shape index (κ2) is 34.4. The zero-order valence-electron chi connectivity index (χ0n) is 34.2. The molecule has 0 aromatic rings. The molecule has 7 N–H and O–H groups in total. The lowest BCUT2D eigenvalue weighted by Crippen LogP contribution is -2.60. The van der Waals surface area contributed by atoms with Crippen LogP contribution in [0.2, 0.25) is 0 Å². The average molecular weight is 760 g/mol. The first-order valence-electron chi connectivity index (χ1n) is 22.3. The Kier molecular flexibility index (Phi) is 32.6. The van der Waals surface area contributed by atoms with E-state index in [-0.39, 0.29) is 18.9 Å². The van der Waals surface area contributed by atoms with Crippen LogP contribution in [0.4, 0.5) is 0 Å². The normalized spacial score (nSPS) is 22.2. The first-order valence-corrected chi connectivity index (χ1v) is 22.3. The number of carbonyl (C=O) groups excluding carboxylic acids is 1. The van der Waals surface area contributed by atoms with Gasteiger partial charge in [0.05, 0.1) is 25.4 Å². The molecule has 53 heavy (non-hydrogen) atoms. The third-order valence-electron chi connectivity index (χ3n) is 11.1. The number of nitrogens with one attached hydrogen (secondary N) is 1. The summed E-state index contributed by atoms with van der Waals surface area (Å²) in [7, 11) is 0. The summed E-state index contributed by atoms with van der Waals surface area (Å²) in [5, 5.41) is 65.0. The van der Waals surface area contributed by atoms with E-state index in [0.29, 0.717) is 6.42 Å². The van der Waals surface area contributed by atoms with Crippen LogP contribution in [0, 0.1) is 0 Å². The topological polar surface area (TPSA) is 169 Å². The third kappa shape index (κ3) is 25.1. The Morgan fingerprint density at radius 2 is 0.981 bits per heavy atom. The minimum atomic E-state index is -1.60. The van der Waals surface area contributed by atoms with Crippen molar-refractivity contribution in [3.05, 3.63) is 0 Å². The predicted octanol–water partition coefficient (Wildman–Crippen LogP) is 7.75. The van der Waals surface area contributed by atoms with Gasteiger partial charge in [0, 0.05) is 6.42 Å². The summed E-state index contributed by atoms with van der Waals surface area (Å²) in [6.07, 6.45) is 25.4. The minimum absolute atomic E-state index is 0.255. The molecule has 316 valence electrons. The van der Waals surface area contributed by atoms with Crippen molar-refractivity contribution < 1.29 is 44.9 Å². The summed E-state index contributed by atoms with van der Waals surface area (Å²) in [6, 6.07) is -0.983. The summed E-state index contributed by atoms with van der Waals surface area (Å²) in [6.45, 7) is 3.60. The number of unbranched alkanes of at least 4 members (excludes halogenated alkanes) is 26. The van der Waals surface area contributed by atoms with Crippen molar-refractivity contribution >= 4 is 5.91 Å². The van der Waals surface area contributed by atoms with Gasteiger partial charge in [-0.15, -0.1) is 0 Å². The largest absolute Gasteiger partial charge is 0.394 e. The van der Waals surface area contributed by atoms with Crippen LogP contribution in [-0.2, 0) is 14.3 Å². The van der Waals surface area contributed by atoms with Crippen LogP contribution in [0.1, 0.15) is 206 Å². The van der Waals surface area contributed by atoms with Crippen molar-refractivity contribution in [2.24, 2.45) is 0 Å². The van der Waals surface area contributed by atoms with Crippen molar-refractivity contribution in [1.29, 1.82) is 0 Å². The van der Waals surface area contributed by atoms with Gasteiger partial charge in [0.15, 0.2) is 6.29 Å². The smallest absolute Gasteiger partial charge is 0.220 e. The van der Waals surface area contributed by atoms with Crippen LogP contribution >= 0.6 is 0 Å². The molecule has 1 aliphatic rings. The SMILES string of the molecule is CCCCCCCCCCCCCCCCCCCC(=O)N[C@@H](CO[C@@H]1O[C@H](CO)[C@H](O)C(O)C1O)[C@H](O)[C@H](O)CCCCCCCCCCCCC. The van der Waals surface area contributed by atoms with Gasteiger partial charge in [-0.25, -0.2) is 0 Å². The highest BCUT2D eigenvalue weighted by Crippen LogP contribution is 2.23. The highest BCUT2D eigenvalue weighted by atomic mass is 16.7. The van der Waals surface area contributed by atoms with Crippen LogP contribution in [0.5, 0.6) is 0 Å². The Balaban J connectivity index is 2.39. The lowest BCUT2D eigenvalue weighted by molar-refractivity contribution is -0.303. The number of carbonyl (C=O) groups is 1. The maximum absolute atomic E-state index is 13.0. The van der Waals surface area contributed by atoms with Crippen molar-refractivity contribution in [1.82, 2.24) is 5.32 Å². The second-order valence-electron chi connectivity index (χ2n) is 16.0. The van der Waals surface area contributed by atoms with E-state index in [1.54, 1.807) is 0 Å². The molecule has 0 saturated carbocycles. The molecule has 1 saturated heterocycles. The fourth-order valence-corrected chi connectivity index (χ4v) is 7.38. The Labute approximate surface area is 324 Å². The lowest BCUT2D eigenvalue weighted by atomic mass is 9.98. The number of hydrogen-bond acceptors (Lipinski definition) is 9. The Hall–Kier alpha value is -0.850. The fraction of sp³-hybridized carbons (Fsp3) is 0.977. The molecule has 0 bridgehead atoms. The van der Waals surface area contributed by atoms with Crippen LogP contribution in [0.25, 0.3) is 0 Å². The molecule has 0 spiro atoms. The summed E-state index contributed by atoms with van der Waals surface area (Å²) in [4.78, 5) is 13.0. The lowest BCUT2D eigenvalue weighted by Gasteiger charge is -2.40. The molecule has 1 fully saturated rings. The molecule has 1 aliphatic heterocycles. The van der Waals surface area contributed by atoms with Crippen LogP contribution in [0.3, 0.4) is 0 Å².